The molecule has 0 saturated heterocycles. The maximum atomic E-state index is 16.4. The van der Waals surface area contributed by atoms with Gasteiger partial charge in [0.2, 0.25) is 0 Å². The van der Waals surface area contributed by atoms with E-state index < -0.39 is 5.82 Å². The average molecular weight is 1460 g/mol. The van der Waals surface area contributed by atoms with E-state index >= 15 is 4.39 Å². The van der Waals surface area contributed by atoms with Crippen molar-refractivity contribution in [2.75, 3.05) is 19.8 Å². The van der Waals surface area contributed by atoms with Crippen LogP contribution in [0.2, 0.25) is 0 Å². The fourth-order valence-electron chi connectivity index (χ4n) is 11.9. The number of nitriles is 4. The van der Waals surface area contributed by atoms with Gasteiger partial charge in [0.25, 0.3) is 0 Å². The van der Waals surface area contributed by atoms with Crippen molar-refractivity contribution in [2.24, 2.45) is 5.92 Å². The van der Waals surface area contributed by atoms with Gasteiger partial charge in [-0.15, -0.1) is 17.3 Å². The Morgan fingerprint density at radius 2 is 0.863 bits per heavy atom. The molecule has 0 spiro atoms. The van der Waals surface area contributed by atoms with Crippen molar-refractivity contribution in [1.29, 1.82) is 21.0 Å². The molecule has 1 atom stereocenters. The van der Waals surface area contributed by atoms with E-state index in [2.05, 4.69) is 161 Å². The highest BCUT2D eigenvalue weighted by Gasteiger charge is 2.35. The van der Waals surface area contributed by atoms with Gasteiger partial charge in [-0.2, -0.15) is 38.5 Å². The number of thioether (sulfide) groups is 4. The molecule has 11 nitrogen and oxygen atoms in total. The van der Waals surface area contributed by atoms with Crippen LogP contribution < -0.4 is 14.2 Å². The van der Waals surface area contributed by atoms with Crippen LogP contribution in [0.3, 0.4) is 0 Å². The Morgan fingerprint density at radius 1 is 0.451 bits per heavy atom. The third-order valence-electron chi connectivity index (χ3n) is 17.5. The number of rotatable bonds is 21. The average Bonchev–Trinajstić information content (AvgIpc) is 1.57. The highest BCUT2D eigenvalue weighted by molar-refractivity contribution is 8.25. The van der Waals surface area contributed by atoms with Crippen LogP contribution in [0.1, 0.15) is 71.8 Å². The summed E-state index contributed by atoms with van der Waals surface area (Å²) >= 11 is 9.53. The van der Waals surface area contributed by atoms with Gasteiger partial charge >= 0.3 is 0 Å². The first-order valence-corrected chi connectivity index (χ1v) is 38.8. The Balaban J connectivity index is 0.000000184. The van der Waals surface area contributed by atoms with Crippen LogP contribution in [0.4, 0.5) is 4.39 Å². The molecule has 5 heterocycles. The molecule has 0 fully saturated rings. The van der Waals surface area contributed by atoms with E-state index in [4.69, 9.17) is 31.7 Å². The third-order valence-corrected chi connectivity index (χ3v) is 25.0. The number of allylic oxidation sites excluding steroid dienone is 2. The quantitative estimate of drug-likeness (QED) is 0.0377. The van der Waals surface area contributed by atoms with Crippen LogP contribution in [0, 0.1) is 75.8 Å². The van der Waals surface area contributed by atoms with Crippen molar-refractivity contribution >= 4 is 104 Å². The van der Waals surface area contributed by atoms with E-state index in [0.29, 0.717) is 54.5 Å². The molecule has 12 aromatic rings. The predicted molar refractivity (Wildman–Crippen MR) is 419 cm³/mol. The lowest BCUT2D eigenvalue weighted by molar-refractivity contribution is 0.233. The predicted octanol–water partition coefficient (Wildman–Crippen LogP) is 24.3. The number of aryl methyl sites for hydroxylation is 1. The molecule has 19 heteroatoms. The van der Waals surface area contributed by atoms with E-state index in [-0.39, 0.29) is 11.1 Å². The monoisotopic (exact) mass is 1460 g/mol. The van der Waals surface area contributed by atoms with Crippen molar-refractivity contribution in [3.8, 4) is 141 Å². The van der Waals surface area contributed by atoms with E-state index in [9.17, 15) is 21.0 Å². The number of ether oxygens (including phenoxy) is 3. The largest absolute Gasteiger partial charge is 0.494 e. The molecule has 0 amide bonds. The van der Waals surface area contributed by atoms with Gasteiger partial charge in [-0.3, -0.25) is 0 Å². The van der Waals surface area contributed by atoms with Crippen LogP contribution >= 0.6 is 81.8 Å². The molecule has 9 aromatic carbocycles. The molecule has 0 aliphatic carbocycles. The zero-order valence-electron chi connectivity index (χ0n) is 56.2. The summed E-state index contributed by atoms with van der Waals surface area (Å²) in [4.78, 5) is 5.61. The van der Waals surface area contributed by atoms with E-state index in [1.807, 2.05) is 66.7 Å². The SMILES string of the molecule is CC#CCOc1ccc(-c2ccc(-c3c4c(c(-c5ccc(-c6ccc(OCC(CC)CCCC)cc6)s5)c5nsnc35)SC(=C(C#N)C#N)S4)c(F)c2)cc1.CCCCOc1ccc(-c2ccc(-c3c4c(c(-c5ccc(-c6ccc(C)cc6)cc5)c5nsnc35)SC(=C(C#N)C#N)S4)cc2)cc1. The maximum Gasteiger partial charge on any atom is 0.150 e. The first-order valence-electron chi connectivity index (χ1n) is 33.3. The molecular weight excluding hydrogens is 1400 g/mol. The topological polar surface area (TPSA) is 174 Å². The van der Waals surface area contributed by atoms with E-state index in [1.54, 1.807) is 24.3 Å². The van der Waals surface area contributed by atoms with Gasteiger partial charge < -0.3 is 14.2 Å². The number of thiophene rings is 1. The van der Waals surface area contributed by atoms with E-state index in [1.165, 1.54) is 89.7 Å². The Labute approximate surface area is 622 Å². The fourth-order valence-corrected chi connectivity index (χ4v) is 19.6. The third kappa shape index (κ3) is 15.2. The summed E-state index contributed by atoms with van der Waals surface area (Å²) in [5.41, 5.74) is 17.1. The summed E-state index contributed by atoms with van der Waals surface area (Å²) in [6, 6.07) is 67.0. The lowest BCUT2D eigenvalue weighted by atomic mass is 9.95. The number of halogens is 1. The minimum atomic E-state index is -0.416. The molecule has 502 valence electrons. The van der Waals surface area contributed by atoms with Crippen molar-refractivity contribution in [3.63, 3.8) is 0 Å². The van der Waals surface area contributed by atoms with Crippen molar-refractivity contribution < 1.29 is 18.6 Å². The van der Waals surface area contributed by atoms with Crippen LogP contribution in [0.15, 0.2) is 215 Å². The summed E-state index contributed by atoms with van der Waals surface area (Å²) in [7, 11) is 0. The first kappa shape index (κ1) is 70.5. The van der Waals surface area contributed by atoms with Gasteiger partial charge in [0.05, 0.1) is 45.1 Å². The fraction of sp³-hybridized carbons (Fsp3) is 0.181. The highest BCUT2D eigenvalue weighted by Crippen LogP contribution is 2.63. The number of hydrogen-bond donors (Lipinski definition) is 0. The van der Waals surface area contributed by atoms with Gasteiger partial charge in [-0.1, -0.05) is 214 Å². The minimum absolute atomic E-state index is 0.0151. The lowest BCUT2D eigenvalue weighted by Crippen LogP contribution is -2.11. The van der Waals surface area contributed by atoms with Gasteiger partial charge in [-0.25, -0.2) is 4.39 Å². The number of fused-ring (bicyclic) bond motifs is 4. The van der Waals surface area contributed by atoms with Gasteiger partial charge in [0.1, 0.15) is 87.2 Å². The number of unbranched alkanes of at least 4 members (excludes halogenated alkanes) is 2. The standard InChI is InChI=1S/C44H35FN4O2S4.C39H28N4OS3/c1-4-7-9-27(6-3)26-51-33-17-12-29(13-18-33)36-20-21-37(52-36)39-41-40(48-55-49-41)38(42-43(39)54-44(53-42)31(24-46)25-47)34-19-14-30(23-35(34)45)28-10-15-32(16-11-28)50-22-8-5-2;1-3-4-21-44-32-19-17-28(18-20-32)27-11-15-30(16-12-27)34-36-35(42-47-43-36)33(37-38(34)46-39(45-37)31(22-40)23-41)29-13-9-26(10-14-29)25-7-5-24(2)6-8-25/h10-21,23,27H,4,6-7,9,22,26H2,1-3H3;5-20H,3-4,21H2,1-2H3. The number of benzene rings is 9. The second-order valence-corrected chi connectivity index (χ2v) is 30.8. The summed E-state index contributed by atoms with van der Waals surface area (Å²) in [6.45, 7) is 12.2. The number of nitrogens with zero attached hydrogens (tertiary/aromatic N) is 8. The summed E-state index contributed by atoms with van der Waals surface area (Å²) in [5, 5.41) is 39.2. The molecule has 3 aromatic heterocycles. The molecular formula is C83H63FN8O3S7. The molecule has 102 heavy (non-hydrogen) atoms. The minimum Gasteiger partial charge on any atom is -0.494 e. The summed E-state index contributed by atoms with van der Waals surface area (Å²) in [5.74, 6) is 8.25. The molecule has 14 rings (SSSR count). The zero-order chi connectivity index (χ0) is 70.6. The molecule has 0 radical (unpaired) electrons. The number of hydrogen-bond acceptors (Lipinski definition) is 18. The Hall–Kier alpha value is -9.95. The normalized spacial score (nSPS) is 12.2. The molecule has 0 bridgehead atoms. The molecule has 0 saturated carbocycles. The van der Waals surface area contributed by atoms with Gasteiger partial charge in [-0.05, 0) is 149 Å². The Kier molecular flexibility index (Phi) is 22.7. The van der Waals surface area contributed by atoms with Crippen molar-refractivity contribution in [1.82, 2.24) is 17.5 Å². The molecule has 0 N–H and O–H groups in total. The Bertz CT molecular complexity index is 5390. The second kappa shape index (κ2) is 32.8. The maximum absolute atomic E-state index is 16.4. The van der Waals surface area contributed by atoms with Crippen LogP contribution in [-0.2, 0) is 0 Å². The van der Waals surface area contributed by atoms with Gasteiger partial charge in [0, 0.05) is 57.2 Å². The molecule has 2 aliphatic heterocycles. The molecule has 1 unspecified atom stereocenters. The summed E-state index contributed by atoms with van der Waals surface area (Å²) in [6.07, 6.45) is 6.84. The lowest BCUT2D eigenvalue weighted by Gasteiger charge is -2.15. The number of aromatic nitrogens is 4. The highest BCUT2D eigenvalue weighted by atomic mass is 32.2. The van der Waals surface area contributed by atoms with Gasteiger partial charge in [0.15, 0.2) is 0 Å². The Morgan fingerprint density at radius 3 is 1.35 bits per heavy atom. The van der Waals surface area contributed by atoms with Crippen LogP contribution in [-0.4, -0.2) is 37.3 Å². The van der Waals surface area contributed by atoms with Crippen LogP contribution in [0.5, 0.6) is 17.2 Å². The second-order valence-electron chi connectivity index (χ2n) is 24.0. The molecule has 2 aliphatic rings. The van der Waals surface area contributed by atoms with Crippen molar-refractivity contribution in [3.05, 3.63) is 207 Å². The van der Waals surface area contributed by atoms with Crippen molar-refractivity contribution in [2.45, 2.75) is 92.7 Å². The smallest absolute Gasteiger partial charge is 0.150 e. The zero-order valence-corrected chi connectivity index (χ0v) is 61.9. The van der Waals surface area contributed by atoms with E-state index in [0.717, 1.165) is 157 Å². The first-order chi connectivity index (χ1) is 50.0. The van der Waals surface area contributed by atoms with Crippen LogP contribution in [0.25, 0.3) is 110 Å². The summed E-state index contributed by atoms with van der Waals surface area (Å²) < 4.78 is 54.3.